The molecule has 1 aromatic carbocycles. The molecule has 0 fully saturated rings. The van der Waals surface area contributed by atoms with Gasteiger partial charge in [-0.05, 0) is 45.1 Å². The number of allylic oxidation sites excluding steroid dienone is 3. The van der Waals surface area contributed by atoms with Crippen LogP contribution >= 0.6 is 11.6 Å². The molecule has 0 N–H and O–H groups in total. The smallest absolute Gasteiger partial charge is 0.138 e. The van der Waals surface area contributed by atoms with Crippen LogP contribution in [0.1, 0.15) is 25.3 Å². The molecule has 1 aromatic rings. The Hall–Kier alpha value is -1.58. The van der Waals surface area contributed by atoms with Gasteiger partial charge >= 0.3 is 0 Å². The van der Waals surface area contributed by atoms with Crippen LogP contribution in [0.5, 0.6) is 5.75 Å². The lowest BCUT2D eigenvalue weighted by Crippen LogP contribution is -2.15. The second kappa shape index (κ2) is 10.2. The Morgan fingerprint density at radius 3 is 2.74 bits per heavy atom. The first kappa shape index (κ1) is 19.5. The second-order valence-electron chi connectivity index (χ2n) is 5.77. The largest absolute Gasteiger partial charge is 0.492 e. The Morgan fingerprint density at radius 1 is 1.39 bits per heavy atom. The molecule has 3 nitrogen and oxygen atoms in total. The Balaban J connectivity index is 2.76. The normalized spacial score (nSPS) is 12.2. The summed E-state index contributed by atoms with van der Waals surface area (Å²) in [5, 5.41) is 0.631. The topological polar surface area (TPSA) is 24.8 Å². The minimum absolute atomic E-state index is 0.631. The zero-order chi connectivity index (χ0) is 17.2. The monoisotopic (exact) mass is 334 g/mol. The van der Waals surface area contributed by atoms with E-state index in [2.05, 4.69) is 36.6 Å². The van der Waals surface area contributed by atoms with Crippen molar-refractivity contribution in [2.45, 2.75) is 19.8 Å². The molecule has 0 aromatic heterocycles. The molecule has 0 saturated heterocycles. The number of rotatable bonds is 9. The second-order valence-corrected chi connectivity index (χ2v) is 6.18. The molecule has 126 valence electrons. The van der Waals surface area contributed by atoms with Crippen LogP contribution in [0.2, 0.25) is 5.02 Å². The molecule has 0 radical (unpaired) electrons. The molecular weight excluding hydrogens is 308 g/mol. The molecule has 0 spiro atoms. The predicted molar refractivity (Wildman–Crippen MR) is 101 cm³/mol. The van der Waals surface area contributed by atoms with E-state index in [0.717, 1.165) is 36.2 Å². The van der Waals surface area contributed by atoms with E-state index in [1.54, 1.807) is 7.05 Å². The first-order valence-corrected chi connectivity index (χ1v) is 8.17. The van der Waals surface area contributed by atoms with Crippen LogP contribution in [0.25, 0.3) is 0 Å². The number of hydrogen-bond donors (Lipinski definition) is 0. The molecule has 0 aliphatic carbocycles. The SMILES string of the molecule is C=C(C)/C=C\CC(=NC)c1ccc(Cl)c(OCCCN(C)C)c1. The maximum atomic E-state index is 6.23. The number of nitrogens with zero attached hydrogens (tertiary/aromatic N) is 2. The number of aliphatic imine (C=N–C) groups is 1. The van der Waals surface area contributed by atoms with Gasteiger partial charge in [0.15, 0.2) is 0 Å². The third kappa shape index (κ3) is 7.49. The number of benzene rings is 1. The van der Waals surface area contributed by atoms with Crippen LogP contribution < -0.4 is 4.74 Å². The molecule has 0 atom stereocenters. The van der Waals surface area contributed by atoms with E-state index in [9.17, 15) is 0 Å². The van der Waals surface area contributed by atoms with E-state index < -0.39 is 0 Å². The van der Waals surface area contributed by atoms with Gasteiger partial charge in [-0.25, -0.2) is 0 Å². The molecule has 0 aliphatic rings. The van der Waals surface area contributed by atoms with Crippen LogP contribution in [0.3, 0.4) is 0 Å². The Kier molecular flexibility index (Phi) is 8.67. The maximum absolute atomic E-state index is 6.23. The van der Waals surface area contributed by atoms with Crippen molar-refractivity contribution in [1.82, 2.24) is 4.90 Å². The molecule has 23 heavy (non-hydrogen) atoms. The summed E-state index contributed by atoms with van der Waals surface area (Å²) in [5.74, 6) is 0.716. The highest BCUT2D eigenvalue weighted by Crippen LogP contribution is 2.26. The summed E-state index contributed by atoms with van der Waals surface area (Å²) >= 11 is 6.23. The van der Waals surface area contributed by atoms with Gasteiger partial charge in [-0.3, -0.25) is 4.99 Å². The average molecular weight is 335 g/mol. The van der Waals surface area contributed by atoms with Crippen molar-refractivity contribution in [1.29, 1.82) is 0 Å². The van der Waals surface area contributed by atoms with Gasteiger partial charge in [-0.2, -0.15) is 0 Å². The highest BCUT2D eigenvalue weighted by molar-refractivity contribution is 6.32. The first-order chi connectivity index (χ1) is 10.9. The van der Waals surface area contributed by atoms with Crippen molar-refractivity contribution in [2.75, 3.05) is 34.3 Å². The zero-order valence-electron chi connectivity index (χ0n) is 14.6. The summed E-state index contributed by atoms with van der Waals surface area (Å²) < 4.78 is 5.82. The molecule has 0 bridgehead atoms. The van der Waals surface area contributed by atoms with Crippen molar-refractivity contribution in [3.8, 4) is 5.75 Å². The molecule has 0 amide bonds. The van der Waals surface area contributed by atoms with Crippen molar-refractivity contribution < 1.29 is 4.74 Å². The van der Waals surface area contributed by atoms with E-state index in [1.807, 2.05) is 31.2 Å². The van der Waals surface area contributed by atoms with Crippen LogP contribution in [0.4, 0.5) is 0 Å². The first-order valence-electron chi connectivity index (χ1n) is 7.79. The fourth-order valence-electron chi connectivity index (χ4n) is 2.07. The molecule has 0 aliphatic heterocycles. The zero-order valence-corrected chi connectivity index (χ0v) is 15.4. The van der Waals surface area contributed by atoms with Gasteiger partial charge in [-0.1, -0.05) is 42.0 Å². The van der Waals surface area contributed by atoms with E-state index in [1.165, 1.54) is 0 Å². The summed E-state index contributed by atoms with van der Waals surface area (Å²) in [4.78, 5) is 6.51. The van der Waals surface area contributed by atoms with Crippen molar-refractivity contribution in [3.05, 3.63) is 53.1 Å². The Morgan fingerprint density at radius 2 is 2.13 bits per heavy atom. The minimum atomic E-state index is 0.631. The standard InChI is InChI=1S/C19H27ClN2O/c1-15(2)8-6-9-18(21-3)16-10-11-17(20)19(14-16)23-13-7-12-22(4)5/h6,8,10-11,14H,1,7,9,12-13H2,2-5H3/b8-6-,21-18?. The number of halogens is 1. The van der Waals surface area contributed by atoms with Gasteiger partial charge in [0, 0.05) is 25.7 Å². The summed E-state index contributed by atoms with van der Waals surface area (Å²) in [6.07, 6.45) is 5.78. The third-order valence-corrected chi connectivity index (χ3v) is 3.57. The summed E-state index contributed by atoms with van der Waals surface area (Å²) in [5.41, 5.74) is 3.06. The van der Waals surface area contributed by atoms with E-state index in [4.69, 9.17) is 16.3 Å². The van der Waals surface area contributed by atoms with Crippen molar-refractivity contribution in [2.24, 2.45) is 4.99 Å². The number of hydrogen-bond acceptors (Lipinski definition) is 3. The van der Waals surface area contributed by atoms with Gasteiger partial charge < -0.3 is 9.64 Å². The molecule has 0 saturated carbocycles. The van der Waals surface area contributed by atoms with E-state index in [-0.39, 0.29) is 0 Å². The van der Waals surface area contributed by atoms with Gasteiger partial charge in [0.1, 0.15) is 5.75 Å². The van der Waals surface area contributed by atoms with Gasteiger partial charge in [0.05, 0.1) is 11.6 Å². The van der Waals surface area contributed by atoms with Crippen LogP contribution in [-0.4, -0.2) is 44.9 Å². The Labute approximate surface area is 145 Å². The average Bonchev–Trinajstić information content (AvgIpc) is 2.49. The molecule has 4 heteroatoms. The third-order valence-electron chi connectivity index (χ3n) is 3.26. The lowest BCUT2D eigenvalue weighted by molar-refractivity contribution is 0.281. The van der Waals surface area contributed by atoms with E-state index >= 15 is 0 Å². The molecule has 1 rings (SSSR count). The van der Waals surface area contributed by atoms with Gasteiger partial charge in [0.25, 0.3) is 0 Å². The summed E-state index contributed by atoms with van der Waals surface area (Å²) in [6.45, 7) is 7.48. The number of ether oxygens (including phenoxy) is 1. The van der Waals surface area contributed by atoms with E-state index in [0.29, 0.717) is 17.4 Å². The highest BCUT2D eigenvalue weighted by atomic mass is 35.5. The molecule has 0 unspecified atom stereocenters. The predicted octanol–water partition coefficient (Wildman–Crippen LogP) is 4.61. The Bertz CT molecular complexity index is 577. The molecule has 0 heterocycles. The molecular formula is C19H27ClN2O. The van der Waals surface area contributed by atoms with Crippen molar-refractivity contribution >= 4 is 17.3 Å². The van der Waals surface area contributed by atoms with Gasteiger partial charge in [0.2, 0.25) is 0 Å². The van der Waals surface area contributed by atoms with Crippen LogP contribution in [-0.2, 0) is 0 Å². The van der Waals surface area contributed by atoms with Crippen LogP contribution in [0.15, 0.2) is 47.5 Å². The summed E-state index contributed by atoms with van der Waals surface area (Å²) in [6, 6.07) is 5.81. The summed E-state index contributed by atoms with van der Waals surface area (Å²) in [7, 11) is 5.91. The fraction of sp³-hybridized carbons (Fsp3) is 0.421. The minimum Gasteiger partial charge on any atom is -0.492 e. The highest BCUT2D eigenvalue weighted by Gasteiger charge is 2.07. The lowest BCUT2D eigenvalue weighted by Gasteiger charge is -2.12. The fourth-order valence-corrected chi connectivity index (χ4v) is 2.24. The maximum Gasteiger partial charge on any atom is 0.138 e. The lowest BCUT2D eigenvalue weighted by atomic mass is 10.1. The quantitative estimate of drug-likeness (QED) is 0.374. The van der Waals surface area contributed by atoms with Crippen LogP contribution in [0, 0.1) is 0 Å². The van der Waals surface area contributed by atoms with Gasteiger partial charge in [-0.15, -0.1) is 0 Å². The van der Waals surface area contributed by atoms with Crippen molar-refractivity contribution in [3.63, 3.8) is 0 Å².